The van der Waals surface area contributed by atoms with Crippen LogP contribution in [0.15, 0.2) is 59.1 Å². The molecule has 0 aliphatic carbocycles. The fraction of sp³-hybridized carbons (Fsp3) is 0.150. The highest BCUT2D eigenvalue weighted by atomic mass is 79.9. The van der Waals surface area contributed by atoms with E-state index in [1.165, 1.54) is 7.11 Å². The van der Waals surface area contributed by atoms with Crippen molar-refractivity contribution in [3.8, 4) is 5.75 Å². The van der Waals surface area contributed by atoms with Crippen LogP contribution in [0.1, 0.15) is 5.56 Å². The molecule has 0 radical (unpaired) electrons. The topological polar surface area (TPSA) is 47.6 Å². The molecular weight excluding hydrogens is 401 g/mol. The lowest BCUT2D eigenvalue weighted by Gasteiger charge is -2.16. The van der Waals surface area contributed by atoms with E-state index in [0.29, 0.717) is 16.5 Å². The number of halogens is 2. The summed E-state index contributed by atoms with van der Waals surface area (Å²) in [6.07, 6.45) is 0. The maximum absolute atomic E-state index is 15.1. The molecule has 0 atom stereocenters. The molecule has 0 aliphatic rings. The Morgan fingerprint density at radius 2 is 1.92 bits per heavy atom. The van der Waals surface area contributed by atoms with Crippen LogP contribution >= 0.6 is 15.9 Å². The number of ether oxygens (including phenoxy) is 2. The van der Waals surface area contributed by atoms with Crippen LogP contribution in [0.3, 0.4) is 0 Å². The van der Waals surface area contributed by atoms with Gasteiger partial charge in [0.2, 0.25) is 0 Å². The van der Waals surface area contributed by atoms with Crippen molar-refractivity contribution in [1.29, 1.82) is 0 Å². The molecule has 0 fully saturated rings. The van der Waals surface area contributed by atoms with E-state index in [2.05, 4.69) is 26.0 Å². The highest BCUT2D eigenvalue weighted by molar-refractivity contribution is 9.10. The largest absolute Gasteiger partial charge is 0.487 e. The Balaban J connectivity index is 1.97. The number of carbonyl (C=O) groups excluding carboxylic acids is 1. The van der Waals surface area contributed by atoms with Gasteiger partial charge in [0, 0.05) is 9.86 Å². The SMILES string of the molecule is COC(=O)CNc1c(OCc2ccccc2)cc2ccc(Br)cc2c1F. The summed E-state index contributed by atoms with van der Waals surface area (Å²) in [4.78, 5) is 11.4. The van der Waals surface area contributed by atoms with Gasteiger partial charge in [-0.2, -0.15) is 0 Å². The first-order valence-corrected chi connectivity index (χ1v) is 8.77. The van der Waals surface area contributed by atoms with E-state index < -0.39 is 11.8 Å². The number of fused-ring (bicyclic) bond motifs is 1. The smallest absolute Gasteiger partial charge is 0.325 e. The number of rotatable bonds is 6. The van der Waals surface area contributed by atoms with E-state index in [9.17, 15) is 4.79 Å². The molecule has 134 valence electrons. The molecule has 0 saturated heterocycles. The molecule has 0 unspecified atom stereocenters. The second-order valence-electron chi connectivity index (χ2n) is 5.63. The molecule has 26 heavy (non-hydrogen) atoms. The predicted molar refractivity (Wildman–Crippen MR) is 103 cm³/mol. The lowest BCUT2D eigenvalue weighted by Crippen LogP contribution is -2.16. The molecule has 0 aliphatic heterocycles. The van der Waals surface area contributed by atoms with Crippen LogP contribution in [0.25, 0.3) is 10.8 Å². The average molecular weight is 418 g/mol. The van der Waals surface area contributed by atoms with E-state index in [1.807, 2.05) is 42.5 Å². The highest BCUT2D eigenvalue weighted by Crippen LogP contribution is 2.36. The Hall–Kier alpha value is -2.60. The number of hydrogen-bond donors (Lipinski definition) is 1. The Labute approximate surface area is 159 Å². The summed E-state index contributed by atoms with van der Waals surface area (Å²) in [5.74, 6) is -0.631. The van der Waals surface area contributed by atoms with Gasteiger partial charge in [-0.25, -0.2) is 4.39 Å². The molecule has 0 saturated carbocycles. The van der Waals surface area contributed by atoms with Gasteiger partial charge >= 0.3 is 5.97 Å². The molecule has 0 amide bonds. The Kier molecular flexibility index (Phi) is 5.73. The number of methoxy groups -OCH3 is 1. The molecular formula is C20H17BrFNO3. The van der Waals surface area contributed by atoms with Crippen LogP contribution < -0.4 is 10.1 Å². The normalized spacial score (nSPS) is 10.6. The van der Waals surface area contributed by atoms with E-state index in [-0.39, 0.29) is 18.8 Å². The monoisotopic (exact) mass is 417 g/mol. The number of nitrogens with one attached hydrogen (secondary N) is 1. The quantitative estimate of drug-likeness (QED) is 0.579. The third-order valence-electron chi connectivity index (χ3n) is 3.88. The number of benzene rings is 3. The van der Waals surface area contributed by atoms with Gasteiger partial charge in [-0.05, 0) is 29.1 Å². The highest BCUT2D eigenvalue weighted by Gasteiger charge is 2.16. The minimum Gasteiger partial charge on any atom is -0.487 e. The molecule has 0 aromatic heterocycles. The lowest BCUT2D eigenvalue weighted by molar-refractivity contribution is -0.138. The molecule has 6 heteroatoms. The van der Waals surface area contributed by atoms with Crippen LogP contribution in [0.2, 0.25) is 0 Å². The van der Waals surface area contributed by atoms with Crippen LogP contribution in [-0.4, -0.2) is 19.6 Å². The average Bonchev–Trinajstić information content (AvgIpc) is 2.67. The third-order valence-corrected chi connectivity index (χ3v) is 4.37. The Bertz CT molecular complexity index is 931. The summed E-state index contributed by atoms with van der Waals surface area (Å²) >= 11 is 3.35. The predicted octanol–water partition coefficient (Wildman–Crippen LogP) is 4.91. The first kappa shape index (κ1) is 18.2. The van der Waals surface area contributed by atoms with Gasteiger partial charge < -0.3 is 14.8 Å². The summed E-state index contributed by atoms with van der Waals surface area (Å²) in [7, 11) is 1.28. The fourth-order valence-corrected chi connectivity index (χ4v) is 2.91. The van der Waals surface area contributed by atoms with Gasteiger partial charge in [0.15, 0.2) is 5.82 Å². The molecule has 0 spiro atoms. The van der Waals surface area contributed by atoms with Crippen molar-refractivity contribution in [1.82, 2.24) is 0 Å². The third kappa shape index (κ3) is 4.14. The molecule has 4 nitrogen and oxygen atoms in total. The molecule has 3 aromatic rings. The van der Waals surface area contributed by atoms with Crippen molar-refractivity contribution >= 4 is 38.4 Å². The van der Waals surface area contributed by atoms with Crippen LogP contribution in [0, 0.1) is 5.82 Å². The first-order chi connectivity index (χ1) is 12.6. The van der Waals surface area contributed by atoms with Crippen molar-refractivity contribution < 1.29 is 18.7 Å². The van der Waals surface area contributed by atoms with Gasteiger partial charge in [-0.3, -0.25) is 4.79 Å². The number of hydrogen-bond acceptors (Lipinski definition) is 4. The zero-order valence-corrected chi connectivity index (χ0v) is 15.7. The minimum absolute atomic E-state index is 0.136. The van der Waals surface area contributed by atoms with E-state index in [4.69, 9.17) is 4.74 Å². The number of carbonyl (C=O) groups is 1. The summed E-state index contributed by atoms with van der Waals surface area (Å²) in [5, 5.41) is 3.93. The van der Waals surface area contributed by atoms with Gasteiger partial charge in [0.1, 0.15) is 24.6 Å². The molecule has 3 rings (SSSR count). The van der Waals surface area contributed by atoms with Crippen LogP contribution in [-0.2, 0) is 16.1 Å². The number of esters is 1. The fourth-order valence-electron chi connectivity index (χ4n) is 2.55. The second kappa shape index (κ2) is 8.19. The summed E-state index contributed by atoms with van der Waals surface area (Å²) < 4.78 is 26.3. The molecule has 0 bridgehead atoms. The van der Waals surface area contributed by atoms with E-state index >= 15 is 4.39 Å². The summed E-state index contributed by atoms with van der Waals surface area (Å²) in [6.45, 7) is 0.129. The first-order valence-electron chi connectivity index (χ1n) is 7.97. The summed E-state index contributed by atoms with van der Waals surface area (Å²) in [6, 6.07) is 16.7. The van der Waals surface area contributed by atoms with Crippen molar-refractivity contribution in [2.75, 3.05) is 19.0 Å². The van der Waals surface area contributed by atoms with Crippen molar-refractivity contribution in [3.63, 3.8) is 0 Å². The lowest BCUT2D eigenvalue weighted by atomic mass is 10.1. The number of anilines is 1. The van der Waals surface area contributed by atoms with Crippen molar-refractivity contribution in [3.05, 3.63) is 70.5 Å². The van der Waals surface area contributed by atoms with E-state index in [1.54, 1.807) is 12.1 Å². The van der Waals surface area contributed by atoms with Crippen LogP contribution in [0.5, 0.6) is 5.75 Å². The van der Waals surface area contributed by atoms with E-state index in [0.717, 1.165) is 10.0 Å². The van der Waals surface area contributed by atoms with Gasteiger partial charge in [-0.15, -0.1) is 0 Å². The zero-order valence-electron chi connectivity index (χ0n) is 14.1. The van der Waals surface area contributed by atoms with Gasteiger partial charge in [0.25, 0.3) is 0 Å². The standard InChI is InChI=1S/C20H17BrFNO3/c1-25-18(24)11-23-20-17(26-12-13-5-3-2-4-6-13)9-14-7-8-15(21)10-16(14)19(20)22/h2-10,23H,11-12H2,1H3. The van der Waals surface area contributed by atoms with Crippen LogP contribution in [0.4, 0.5) is 10.1 Å². The molecule has 0 heterocycles. The maximum Gasteiger partial charge on any atom is 0.325 e. The van der Waals surface area contributed by atoms with Gasteiger partial charge in [0.05, 0.1) is 7.11 Å². The minimum atomic E-state index is -0.493. The Morgan fingerprint density at radius 3 is 2.65 bits per heavy atom. The summed E-state index contributed by atoms with van der Waals surface area (Å²) in [5.41, 5.74) is 1.10. The zero-order chi connectivity index (χ0) is 18.5. The molecule has 1 N–H and O–H groups in total. The second-order valence-corrected chi connectivity index (χ2v) is 6.55. The van der Waals surface area contributed by atoms with Crippen molar-refractivity contribution in [2.24, 2.45) is 0 Å². The molecule has 3 aromatic carbocycles. The van der Waals surface area contributed by atoms with Gasteiger partial charge in [-0.1, -0.05) is 52.3 Å². The van der Waals surface area contributed by atoms with Crippen molar-refractivity contribution in [2.45, 2.75) is 6.61 Å². The Morgan fingerprint density at radius 1 is 1.15 bits per heavy atom. The maximum atomic E-state index is 15.1.